The van der Waals surface area contributed by atoms with E-state index in [2.05, 4.69) is 32.9 Å². The number of hydrogen-bond acceptors (Lipinski definition) is 6. The van der Waals surface area contributed by atoms with Crippen molar-refractivity contribution in [1.29, 1.82) is 0 Å². The molecule has 1 unspecified atom stereocenters. The Morgan fingerprint density at radius 3 is 0.927 bits per heavy atom. The molecule has 0 aliphatic carbocycles. The van der Waals surface area contributed by atoms with Crippen LogP contribution in [-0.4, -0.2) is 37.2 Å². The Bertz CT molecular complexity index is 854. The van der Waals surface area contributed by atoms with Crippen LogP contribution in [0.2, 0.25) is 0 Å². The molecule has 0 aliphatic rings. The van der Waals surface area contributed by atoms with Crippen LogP contribution in [-0.2, 0) is 28.6 Å². The molecule has 0 aromatic carbocycles. The predicted octanol–water partition coefficient (Wildman–Crippen LogP) is 15.4. The standard InChI is InChI=1S/C49H92O6/c1-4-7-10-13-16-18-20-22-23-24-25-27-28-30-33-36-39-42-48(51)54-45-46(44-53-47(50)41-38-35-32-15-12-9-6-3)55-49(52)43-40-37-34-31-29-26-21-19-17-14-11-8-5-2/h19,21,46H,4-18,20,22-45H2,1-3H3/b21-19-. The molecule has 0 amide bonds. The minimum absolute atomic E-state index is 0.0691. The van der Waals surface area contributed by atoms with E-state index in [1.54, 1.807) is 0 Å². The van der Waals surface area contributed by atoms with Crippen molar-refractivity contribution in [3.05, 3.63) is 12.2 Å². The lowest BCUT2D eigenvalue weighted by Crippen LogP contribution is -2.30. The highest BCUT2D eigenvalue weighted by Gasteiger charge is 2.19. The van der Waals surface area contributed by atoms with Gasteiger partial charge in [0.25, 0.3) is 0 Å². The Labute approximate surface area is 341 Å². The van der Waals surface area contributed by atoms with Gasteiger partial charge in [0, 0.05) is 19.3 Å². The van der Waals surface area contributed by atoms with E-state index in [0.717, 1.165) is 64.2 Å². The van der Waals surface area contributed by atoms with Gasteiger partial charge in [-0.15, -0.1) is 0 Å². The van der Waals surface area contributed by atoms with Crippen molar-refractivity contribution >= 4 is 17.9 Å². The average molecular weight is 777 g/mol. The van der Waals surface area contributed by atoms with E-state index >= 15 is 0 Å². The maximum Gasteiger partial charge on any atom is 0.306 e. The summed E-state index contributed by atoms with van der Waals surface area (Å²) < 4.78 is 16.7. The van der Waals surface area contributed by atoms with Crippen molar-refractivity contribution in [2.75, 3.05) is 13.2 Å². The second-order valence-corrected chi connectivity index (χ2v) is 16.4. The first-order chi connectivity index (χ1) is 27.0. The number of rotatable bonds is 44. The molecule has 0 N–H and O–H groups in total. The number of allylic oxidation sites excluding steroid dienone is 2. The lowest BCUT2D eigenvalue weighted by atomic mass is 10.0. The van der Waals surface area contributed by atoms with Gasteiger partial charge in [-0.2, -0.15) is 0 Å². The lowest BCUT2D eigenvalue weighted by molar-refractivity contribution is -0.167. The summed E-state index contributed by atoms with van der Waals surface area (Å²) >= 11 is 0. The molecule has 0 aromatic rings. The Hall–Kier alpha value is -1.85. The molecule has 0 radical (unpaired) electrons. The van der Waals surface area contributed by atoms with E-state index in [1.165, 1.54) is 161 Å². The molecule has 0 heterocycles. The number of ether oxygens (including phenoxy) is 3. The molecule has 1 atom stereocenters. The Balaban J connectivity index is 4.23. The van der Waals surface area contributed by atoms with Crippen LogP contribution >= 0.6 is 0 Å². The molecule has 0 fully saturated rings. The molecule has 0 aliphatic heterocycles. The summed E-state index contributed by atoms with van der Waals surface area (Å²) in [6.45, 7) is 6.60. The van der Waals surface area contributed by atoms with Crippen LogP contribution in [0.5, 0.6) is 0 Å². The van der Waals surface area contributed by atoms with Gasteiger partial charge >= 0.3 is 17.9 Å². The number of esters is 3. The summed E-state index contributed by atoms with van der Waals surface area (Å²) in [6, 6.07) is 0. The number of carbonyl (C=O) groups excluding carboxylic acids is 3. The highest BCUT2D eigenvalue weighted by atomic mass is 16.6. The first-order valence-electron chi connectivity index (χ1n) is 24.2. The highest BCUT2D eigenvalue weighted by Crippen LogP contribution is 2.16. The van der Waals surface area contributed by atoms with Crippen molar-refractivity contribution in [2.24, 2.45) is 0 Å². The average Bonchev–Trinajstić information content (AvgIpc) is 3.18. The minimum Gasteiger partial charge on any atom is -0.462 e. The summed E-state index contributed by atoms with van der Waals surface area (Å²) in [5.41, 5.74) is 0. The lowest BCUT2D eigenvalue weighted by Gasteiger charge is -2.18. The summed E-state index contributed by atoms with van der Waals surface area (Å²) in [5, 5.41) is 0. The molecule has 0 aromatic heterocycles. The molecular formula is C49H92O6. The van der Waals surface area contributed by atoms with Crippen LogP contribution in [0.15, 0.2) is 12.2 Å². The Kier molecular flexibility index (Phi) is 43.4. The van der Waals surface area contributed by atoms with Gasteiger partial charge in [-0.1, -0.05) is 213 Å². The van der Waals surface area contributed by atoms with E-state index < -0.39 is 6.10 Å². The van der Waals surface area contributed by atoms with Gasteiger partial charge in [0.1, 0.15) is 13.2 Å². The second-order valence-electron chi connectivity index (χ2n) is 16.4. The van der Waals surface area contributed by atoms with E-state index in [4.69, 9.17) is 14.2 Å². The highest BCUT2D eigenvalue weighted by molar-refractivity contribution is 5.71. The number of hydrogen-bond donors (Lipinski definition) is 0. The molecular weight excluding hydrogens is 685 g/mol. The Morgan fingerprint density at radius 2 is 0.600 bits per heavy atom. The topological polar surface area (TPSA) is 78.9 Å². The number of unbranched alkanes of at least 4 members (excludes halogenated alkanes) is 31. The van der Waals surface area contributed by atoms with Crippen molar-refractivity contribution < 1.29 is 28.6 Å². The zero-order valence-electron chi connectivity index (χ0n) is 37.0. The molecule has 324 valence electrons. The maximum absolute atomic E-state index is 12.7. The van der Waals surface area contributed by atoms with Gasteiger partial charge in [0.2, 0.25) is 0 Å². The van der Waals surface area contributed by atoms with Gasteiger partial charge in [-0.3, -0.25) is 14.4 Å². The molecule has 6 nitrogen and oxygen atoms in total. The van der Waals surface area contributed by atoms with Gasteiger partial charge in [0.05, 0.1) is 0 Å². The first-order valence-corrected chi connectivity index (χ1v) is 24.2. The van der Waals surface area contributed by atoms with Gasteiger partial charge in [-0.05, 0) is 44.9 Å². The summed E-state index contributed by atoms with van der Waals surface area (Å²) in [4.78, 5) is 37.7. The first kappa shape index (κ1) is 53.1. The van der Waals surface area contributed by atoms with E-state index in [-0.39, 0.29) is 31.1 Å². The zero-order valence-corrected chi connectivity index (χ0v) is 37.0. The van der Waals surface area contributed by atoms with Gasteiger partial charge in [-0.25, -0.2) is 0 Å². The van der Waals surface area contributed by atoms with Crippen LogP contribution in [0.1, 0.15) is 265 Å². The molecule has 0 saturated heterocycles. The fourth-order valence-electron chi connectivity index (χ4n) is 7.08. The van der Waals surface area contributed by atoms with E-state index in [0.29, 0.717) is 19.3 Å². The fraction of sp³-hybridized carbons (Fsp3) is 0.898. The van der Waals surface area contributed by atoms with E-state index in [9.17, 15) is 14.4 Å². The molecule has 0 bridgehead atoms. The predicted molar refractivity (Wildman–Crippen MR) is 233 cm³/mol. The monoisotopic (exact) mass is 777 g/mol. The molecule has 55 heavy (non-hydrogen) atoms. The maximum atomic E-state index is 12.7. The van der Waals surface area contributed by atoms with Crippen LogP contribution in [0.25, 0.3) is 0 Å². The molecule has 0 saturated carbocycles. The molecule has 0 spiro atoms. The van der Waals surface area contributed by atoms with Crippen LogP contribution in [0.3, 0.4) is 0 Å². The van der Waals surface area contributed by atoms with Crippen molar-refractivity contribution in [3.63, 3.8) is 0 Å². The van der Waals surface area contributed by atoms with E-state index in [1.807, 2.05) is 0 Å². The van der Waals surface area contributed by atoms with Gasteiger partial charge in [0.15, 0.2) is 6.10 Å². The van der Waals surface area contributed by atoms with Crippen molar-refractivity contribution in [3.8, 4) is 0 Å². The summed E-state index contributed by atoms with van der Waals surface area (Å²) in [5.74, 6) is -0.873. The minimum atomic E-state index is -0.765. The normalized spacial score (nSPS) is 12.0. The van der Waals surface area contributed by atoms with Crippen LogP contribution < -0.4 is 0 Å². The van der Waals surface area contributed by atoms with Crippen LogP contribution in [0.4, 0.5) is 0 Å². The van der Waals surface area contributed by atoms with Crippen LogP contribution in [0, 0.1) is 0 Å². The molecule has 0 rings (SSSR count). The third-order valence-corrected chi connectivity index (χ3v) is 10.8. The third-order valence-electron chi connectivity index (χ3n) is 10.8. The third kappa shape index (κ3) is 43.1. The second kappa shape index (κ2) is 44.9. The largest absolute Gasteiger partial charge is 0.462 e. The summed E-state index contributed by atoms with van der Waals surface area (Å²) in [7, 11) is 0. The summed E-state index contributed by atoms with van der Waals surface area (Å²) in [6.07, 6.45) is 47.8. The van der Waals surface area contributed by atoms with Gasteiger partial charge < -0.3 is 14.2 Å². The van der Waals surface area contributed by atoms with Crippen molar-refractivity contribution in [1.82, 2.24) is 0 Å². The number of carbonyl (C=O) groups is 3. The SMILES string of the molecule is CCCCCC/C=C\CCCCCCCC(=O)OC(COC(=O)CCCCCCCCC)COC(=O)CCCCCCCCCCCCCCCCCCC. The Morgan fingerprint density at radius 1 is 0.345 bits per heavy atom. The quantitative estimate of drug-likeness (QED) is 0.0265. The van der Waals surface area contributed by atoms with Crippen molar-refractivity contribution in [2.45, 2.75) is 271 Å². The zero-order chi connectivity index (χ0) is 40.1. The fourth-order valence-corrected chi connectivity index (χ4v) is 7.08. The smallest absolute Gasteiger partial charge is 0.306 e. The molecule has 6 heteroatoms.